The summed E-state index contributed by atoms with van der Waals surface area (Å²) in [7, 11) is -3.60. The van der Waals surface area contributed by atoms with Gasteiger partial charge in [0.2, 0.25) is 11.8 Å². The smallest absolute Gasteiger partial charge is 0.293 e. The number of carbonyl (C=O) groups excluding carboxylic acids is 2. The topological polar surface area (TPSA) is 148 Å². The highest BCUT2D eigenvalue weighted by Crippen LogP contribution is 2.27. The number of amides is 2. The van der Waals surface area contributed by atoms with Crippen molar-refractivity contribution in [2.45, 2.75) is 11.8 Å². The summed E-state index contributed by atoms with van der Waals surface area (Å²) >= 11 is 0. The van der Waals surface area contributed by atoms with Gasteiger partial charge in [0.05, 0.1) is 16.4 Å². The van der Waals surface area contributed by atoms with Gasteiger partial charge in [-0.25, -0.2) is 8.42 Å². The number of anilines is 3. The number of hydrogen-bond acceptors (Lipinski definition) is 7. The molecule has 0 spiro atoms. The van der Waals surface area contributed by atoms with Gasteiger partial charge in [0.25, 0.3) is 5.69 Å². The maximum atomic E-state index is 12.0. The monoisotopic (exact) mass is 406 g/mol. The zero-order chi connectivity index (χ0) is 20.9. The fourth-order valence-electron chi connectivity index (χ4n) is 2.26. The number of nitro groups is 1. The molecular weight excluding hydrogens is 388 g/mol. The lowest BCUT2D eigenvalue weighted by atomic mass is 10.2. The molecule has 0 unspecified atom stereocenters. The van der Waals surface area contributed by atoms with Crippen molar-refractivity contribution >= 4 is 44.4 Å². The third-order valence-corrected chi connectivity index (χ3v) is 4.63. The van der Waals surface area contributed by atoms with Gasteiger partial charge in [-0.05, 0) is 36.4 Å². The van der Waals surface area contributed by atoms with Gasteiger partial charge in [-0.2, -0.15) is 0 Å². The SMILES string of the molecule is CC(=O)Nc1ccc(NC(=O)CNc2ccc(S(C)(=O)=O)cc2[N+](=O)[O-])cc1. The average molecular weight is 406 g/mol. The van der Waals surface area contributed by atoms with E-state index in [-0.39, 0.29) is 23.0 Å². The van der Waals surface area contributed by atoms with Crippen LogP contribution in [0.5, 0.6) is 0 Å². The summed E-state index contributed by atoms with van der Waals surface area (Å²) in [5.41, 5.74) is 0.622. The fourth-order valence-corrected chi connectivity index (χ4v) is 2.90. The Balaban J connectivity index is 2.04. The first-order valence-electron chi connectivity index (χ1n) is 7.96. The molecule has 10 nitrogen and oxygen atoms in total. The van der Waals surface area contributed by atoms with Crippen LogP contribution in [-0.4, -0.2) is 38.0 Å². The molecule has 3 N–H and O–H groups in total. The van der Waals surface area contributed by atoms with E-state index in [1.165, 1.54) is 19.1 Å². The van der Waals surface area contributed by atoms with Gasteiger partial charge in [0.15, 0.2) is 9.84 Å². The summed E-state index contributed by atoms with van der Waals surface area (Å²) < 4.78 is 23.1. The predicted molar refractivity (Wildman–Crippen MR) is 104 cm³/mol. The van der Waals surface area contributed by atoms with Crippen LogP contribution in [0.3, 0.4) is 0 Å². The van der Waals surface area contributed by atoms with Crippen molar-refractivity contribution in [3.8, 4) is 0 Å². The predicted octanol–water partition coefficient (Wildman–Crippen LogP) is 2.01. The van der Waals surface area contributed by atoms with E-state index >= 15 is 0 Å². The molecule has 2 amide bonds. The minimum absolute atomic E-state index is 0.0218. The zero-order valence-electron chi connectivity index (χ0n) is 15.1. The Hall–Kier alpha value is -3.47. The van der Waals surface area contributed by atoms with Crippen LogP contribution in [0.15, 0.2) is 47.4 Å². The Morgan fingerprint density at radius 3 is 2.11 bits per heavy atom. The molecule has 0 aliphatic rings. The summed E-state index contributed by atoms with van der Waals surface area (Å²) in [5.74, 6) is -0.682. The molecule has 0 radical (unpaired) electrons. The first kappa shape index (κ1) is 20.8. The molecule has 0 heterocycles. The number of sulfone groups is 1. The summed E-state index contributed by atoms with van der Waals surface area (Å²) in [6, 6.07) is 9.81. The maximum absolute atomic E-state index is 12.0. The van der Waals surface area contributed by atoms with Crippen molar-refractivity contribution < 1.29 is 22.9 Å². The van der Waals surface area contributed by atoms with Crippen molar-refractivity contribution in [3.05, 3.63) is 52.6 Å². The van der Waals surface area contributed by atoms with Crippen LogP contribution in [-0.2, 0) is 19.4 Å². The first-order valence-corrected chi connectivity index (χ1v) is 9.85. The molecule has 0 atom stereocenters. The second-order valence-electron chi connectivity index (χ2n) is 5.87. The van der Waals surface area contributed by atoms with E-state index in [0.29, 0.717) is 11.4 Å². The van der Waals surface area contributed by atoms with Gasteiger partial charge in [0.1, 0.15) is 5.69 Å². The van der Waals surface area contributed by atoms with E-state index in [2.05, 4.69) is 16.0 Å². The molecular formula is C17H18N4O6S. The molecule has 2 rings (SSSR count). The van der Waals surface area contributed by atoms with E-state index in [1.807, 2.05) is 0 Å². The second-order valence-corrected chi connectivity index (χ2v) is 7.88. The molecule has 28 heavy (non-hydrogen) atoms. The molecule has 0 aliphatic heterocycles. The number of nitrogens with zero attached hydrogens (tertiary/aromatic N) is 1. The van der Waals surface area contributed by atoms with Gasteiger partial charge >= 0.3 is 0 Å². The van der Waals surface area contributed by atoms with Crippen molar-refractivity contribution in [1.82, 2.24) is 0 Å². The lowest BCUT2D eigenvalue weighted by molar-refractivity contribution is -0.384. The van der Waals surface area contributed by atoms with Crippen LogP contribution in [0, 0.1) is 10.1 Å². The quantitative estimate of drug-likeness (QED) is 0.470. The minimum atomic E-state index is -3.60. The van der Waals surface area contributed by atoms with E-state index in [9.17, 15) is 28.1 Å². The van der Waals surface area contributed by atoms with Crippen LogP contribution >= 0.6 is 0 Å². The lowest BCUT2D eigenvalue weighted by Crippen LogP contribution is -2.22. The highest BCUT2D eigenvalue weighted by molar-refractivity contribution is 7.90. The van der Waals surface area contributed by atoms with E-state index in [1.54, 1.807) is 24.3 Å². The van der Waals surface area contributed by atoms with Crippen LogP contribution in [0.4, 0.5) is 22.7 Å². The molecule has 11 heteroatoms. The summed E-state index contributed by atoms with van der Waals surface area (Å²) in [6.07, 6.45) is 0.948. The molecule has 0 aromatic heterocycles. The van der Waals surface area contributed by atoms with Crippen molar-refractivity contribution in [2.24, 2.45) is 0 Å². The van der Waals surface area contributed by atoms with Gasteiger partial charge in [-0.3, -0.25) is 19.7 Å². The molecule has 0 bridgehead atoms. The highest BCUT2D eigenvalue weighted by atomic mass is 32.2. The Morgan fingerprint density at radius 1 is 1.04 bits per heavy atom. The van der Waals surface area contributed by atoms with Crippen LogP contribution in [0.1, 0.15) is 6.92 Å². The van der Waals surface area contributed by atoms with Crippen molar-refractivity contribution in [3.63, 3.8) is 0 Å². The number of nitrogens with one attached hydrogen (secondary N) is 3. The van der Waals surface area contributed by atoms with Gasteiger partial charge < -0.3 is 16.0 Å². The number of carbonyl (C=O) groups is 2. The minimum Gasteiger partial charge on any atom is -0.371 e. The lowest BCUT2D eigenvalue weighted by Gasteiger charge is -2.10. The molecule has 2 aromatic rings. The van der Waals surface area contributed by atoms with E-state index in [4.69, 9.17) is 0 Å². The van der Waals surface area contributed by atoms with Gasteiger partial charge in [-0.15, -0.1) is 0 Å². The van der Waals surface area contributed by atoms with Crippen LogP contribution < -0.4 is 16.0 Å². The first-order chi connectivity index (χ1) is 13.1. The van der Waals surface area contributed by atoms with Gasteiger partial charge in [-0.1, -0.05) is 0 Å². The van der Waals surface area contributed by atoms with Gasteiger partial charge in [0, 0.05) is 30.6 Å². The van der Waals surface area contributed by atoms with Crippen LogP contribution in [0.25, 0.3) is 0 Å². The van der Waals surface area contributed by atoms with Crippen molar-refractivity contribution in [1.29, 1.82) is 0 Å². The summed E-state index contributed by atoms with van der Waals surface area (Å²) in [6.45, 7) is 1.11. The Labute approximate surface area is 161 Å². The fraction of sp³-hybridized carbons (Fsp3) is 0.176. The standard InChI is InChI=1S/C17H18N4O6S/c1-11(22)19-12-3-5-13(6-4-12)20-17(23)10-18-15-8-7-14(28(2,26)27)9-16(15)21(24)25/h3-9,18H,10H2,1-2H3,(H,19,22)(H,20,23). The number of hydrogen-bond donors (Lipinski definition) is 3. The highest BCUT2D eigenvalue weighted by Gasteiger charge is 2.19. The van der Waals surface area contributed by atoms with Crippen molar-refractivity contribution in [2.75, 3.05) is 28.8 Å². The third kappa shape index (κ3) is 5.77. The summed E-state index contributed by atoms with van der Waals surface area (Å²) in [4.78, 5) is 33.3. The number of rotatable bonds is 7. The molecule has 2 aromatic carbocycles. The Morgan fingerprint density at radius 2 is 1.61 bits per heavy atom. The molecule has 0 aliphatic carbocycles. The second kappa shape index (κ2) is 8.48. The van der Waals surface area contributed by atoms with Crippen LogP contribution in [0.2, 0.25) is 0 Å². The number of benzene rings is 2. The Kier molecular flexibility index (Phi) is 6.31. The number of nitro benzene ring substituents is 1. The average Bonchev–Trinajstić information content (AvgIpc) is 2.60. The Bertz CT molecular complexity index is 1020. The molecule has 148 valence electrons. The molecule has 0 fully saturated rings. The largest absolute Gasteiger partial charge is 0.371 e. The maximum Gasteiger partial charge on any atom is 0.293 e. The zero-order valence-corrected chi connectivity index (χ0v) is 15.9. The normalized spacial score (nSPS) is 10.8. The summed E-state index contributed by atoms with van der Waals surface area (Å²) in [5, 5.41) is 19.0. The molecule has 0 saturated heterocycles. The third-order valence-electron chi connectivity index (χ3n) is 3.52. The van der Waals surface area contributed by atoms with E-state index in [0.717, 1.165) is 12.3 Å². The van der Waals surface area contributed by atoms with E-state index < -0.39 is 26.4 Å². The molecule has 0 saturated carbocycles.